The monoisotopic (exact) mass is 508 g/mol. The molecule has 37 heavy (non-hydrogen) atoms. The number of hydrogen-bond acceptors (Lipinski definition) is 6. The number of ketones is 1. The Labute approximate surface area is 220 Å². The van der Waals surface area contributed by atoms with Gasteiger partial charge in [-0.3, -0.25) is 9.59 Å². The molecular weight excluding hydrogens is 468 g/mol. The minimum Gasteiger partial charge on any atom is -0.507 e. The van der Waals surface area contributed by atoms with Crippen molar-refractivity contribution < 1.29 is 24.5 Å². The Kier molecular flexibility index (Phi) is 10.1. The van der Waals surface area contributed by atoms with Gasteiger partial charge in [0.05, 0.1) is 18.7 Å². The van der Waals surface area contributed by atoms with Crippen LogP contribution in [0.3, 0.4) is 0 Å². The number of aromatic hydroxyl groups is 1. The van der Waals surface area contributed by atoms with Crippen LogP contribution in [-0.2, 0) is 9.59 Å². The molecule has 0 aromatic heterocycles. The molecule has 1 aliphatic heterocycles. The van der Waals surface area contributed by atoms with Crippen molar-refractivity contribution in [2.45, 2.75) is 58.9 Å². The van der Waals surface area contributed by atoms with Crippen LogP contribution < -0.4 is 4.74 Å². The fourth-order valence-corrected chi connectivity index (χ4v) is 4.75. The lowest BCUT2D eigenvalue weighted by Gasteiger charge is -2.28. The van der Waals surface area contributed by atoms with E-state index in [0.717, 1.165) is 50.9 Å². The fourth-order valence-electron chi connectivity index (χ4n) is 4.75. The number of carbonyl (C=O) groups excluding carboxylic acids is 2. The summed E-state index contributed by atoms with van der Waals surface area (Å²) in [7, 11) is 1.45. The molecule has 3 rings (SSSR count). The van der Waals surface area contributed by atoms with Gasteiger partial charge in [0.25, 0.3) is 11.7 Å². The number of methoxy groups -OCH3 is 1. The SMILES string of the molecule is CCCCN(CCCC)CCCN1C(=O)C(=O)C(=C(O)c2ccc(C)cc2)C1c1ccc(O)c(OC)c1. The van der Waals surface area contributed by atoms with E-state index in [0.29, 0.717) is 24.1 Å². The third kappa shape index (κ3) is 6.72. The highest BCUT2D eigenvalue weighted by molar-refractivity contribution is 6.46. The van der Waals surface area contributed by atoms with Crippen molar-refractivity contribution in [1.29, 1.82) is 0 Å². The number of hydrogen-bond donors (Lipinski definition) is 2. The van der Waals surface area contributed by atoms with Gasteiger partial charge in [-0.25, -0.2) is 0 Å². The average Bonchev–Trinajstić information content (AvgIpc) is 3.15. The number of phenols is 1. The van der Waals surface area contributed by atoms with Gasteiger partial charge in [0.2, 0.25) is 0 Å². The van der Waals surface area contributed by atoms with E-state index >= 15 is 0 Å². The van der Waals surface area contributed by atoms with Gasteiger partial charge in [-0.15, -0.1) is 0 Å². The van der Waals surface area contributed by atoms with Gasteiger partial charge in [-0.05, 0) is 63.5 Å². The zero-order chi connectivity index (χ0) is 26.9. The molecule has 1 saturated heterocycles. The number of rotatable bonds is 13. The van der Waals surface area contributed by atoms with Gasteiger partial charge < -0.3 is 24.7 Å². The van der Waals surface area contributed by atoms with Crippen LogP contribution >= 0.6 is 0 Å². The maximum atomic E-state index is 13.3. The maximum Gasteiger partial charge on any atom is 0.295 e. The molecule has 2 aromatic rings. The number of aliphatic hydroxyl groups excluding tert-OH is 1. The molecule has 1 fully saturated rings. The van der Waals surface area contributed by atoms with Crippen LogP contribution in [0.2, 0.25) is 0 Å². The molecule has 0 spiro atoms. The van der Waals surface area contributed by atoms with Crippen molar-refractivity contribution in [3.05, 3.63) is 64.7 Å². The molecule has 0 aliphatic carbocycles. The predicted molar refractivity (Wildman–Crippen MR) is 146 cm³/mol. The summed E-state index contributed by atoms with van der Waals surface area (Å²) >= 11 is 0. The number of Topliss-reactive ketones (excluding diaryl/α,β-unsaturated/α-hetero) is 1. The van der Waals surface area contributed by atoms with Gasteiger partial charge in [-0.1, -0.05) is 62.6 Å². The summed E-state index contributed by atoms with van der Waals surface area (Å²) in [6, 6.07) is 11.2. The molecule has 1 heterocycles. The summed E-state index contributed by atoms with van der Waals surface area (Å²) in [6.07, 6.45) is 5.20. The molecular formula is C30H40N2O5. The standard InChI is InChI=1S/C30H40N2O5/c1-5-7-16-31(17-8-6-2)18-9-19-32-27(23-14-15-24(33)25(20-23)37-4)26(29(35)30(32)36)28(34)22-12-10-21(3)11-13-22/h10-15,20,27,33-34H,5-9,16-19H2,1-4H3. The zero-order valence-corrected chi connectivity index (χ0v) is 22.5. The van der Waals surface area contributed by atoms with Crippen LogP contribution in [-0.4, -0.2) is 65.0 Å². The molecule has 2 aromatic carbocycles. The number of likely N-dealkylation sites (tertiary alicyclic amines) is 1. The minimum atomic E-state index is -0.782. The Hall–Kier alpha value is -3.32. The van der Waals surface area contributed by atoms with E-state index in [2.05, 4.69) is 18.7 Å². The van der Waals surface area contributed by atoms with Crippen LogP contribution in [0, 0.1) is 6.92 Å². The second kappa shape index (κ2) is 13.3. The highest BCUT2D eigenvalue weighted by Gasteiger charge is 2.46. The van der Waals surface area contributed by atoms with Crippen LogP contribution in [0.15, 0.2) is 48.0 Å². The van der Waals surface area contributed by atoms with Crippen molar-refractivity contribution in [3.63, 3.8) is 0 Å². The molecule has 7 heteroatoms. The topological polar surface area (TPSA) is 90.3 Å². The molecule has 7 nitrogen and oxygen atoms in total. The van der Waals surface area contributed by atoms with E-state index in [4.69, 9.17) is 4.74 Å². The number of phenolic OH excluding ortho intramolecular Hbond substituents is 1. The molecule has 1 unspecified atom stereocenters. The quantitative estimate of drug-likeness (QED) is 0.213. The fraction of sp³-hybridized carbons (Fsp3) is 0.467. The molecule has 1 atom stereocenters. The summed E-state index contributed by atoms with van der Waals surface area (Å²) < 4.78 is 5.29. The van der Waals surface area contributed by atoms with E-state index in [-0.39, 0.29) is 22.8 Å². The first-order chi connectivity index (χ1) is 17.8. The van der Waals surface area contributed by atoms with Crippen LogP contribution in [0.4, 0.5) is 0 Å². The number of aryl methyl sites for hydroxylation is 1. The maximum absolute atomic E-state index is 13.3. The van der Waals surface area contributed by atoms with E-state index in [1.54, 1.807) is 29.2 Å². The second-order valence-electron chi connectivity index (χ2n) is 9.69. The van der Waals surface area contributed by atoms with E-state index in [1.165, 1.54) is 13.2 Å². The molecule has 2 N–H and O–H groups in total. The summed E-state index contributed by atoms with van der Waals surface area (Å²) in [5.74, 6) is -1.33. The van der Waals surface area contributed by atoms with Gasteiger partial charge in [0.15, 0.2) is 11.5 Å². The van der Waals surface area contributed by atoms with Crippen LogP contribution in [0.1, 0.15) is 68.7 Å². The Morgan fingerprint density at radius 1 is 0.973 bits per heavy atom. The lowest BCUT2D eigenvalue weighted by molar-refractivity contribution is -0.140. The summed E-state index contributed by atoms with van der Waals surface area (Å²) in [6.45, 7) is 9.53. The lowest BCUT2D eigenvalue weighted by atomic mass is 9.94. The third-order valence-electron chi connectivity index (χ3n) is 6.91. The first kappa shape index (κ1) is 28.3. The highest BCUT2D eigenvalue weighted by Crippen LogP contribution is 2.41. The molecule has 1 aliphatic rings. The Balaban J connectivity index is 1.96. The smallest absolute Gasteiger partial charge is 0.295 e. The summed E-state index contributed by atoms with van der Waals surface area (Å²) in [5, 5.41) is 21.4. The number of carbonyl (C=O) groups is 2. The van der Waals surface area contributed by atoms with E-state index < -0.39 is 17.7 Å². The first-order valence-corrected chi connectivity index (χ1v) is 13.3. The van der Waals surface area contributed by atoms with Crippen molar-refractivity contribution in [3.8, 4) is 11.5 Å². The van der Waals surface area contributed by atoms with Crippen molar-refractivity contribution in [1.82, 2.24) is 9.80 Å². The van der Waals surface area contributed by atoms with Gasteiger partial charge in [-0.2, -0.15) is 0 Å². The first-order valence-electron chi connectivity index (χ1n) is 13.3. The molecule has 0 bridgehead atoms. The van der Waals surface area contributed by atoms with E-state index in [1.807, 2.05) is 19.1 Å². The Bertz CT molecular complexity index is 1100. The zero-order valence-electron chi connectivity index (χ0n) is 22.5. The molecule has 0 radical (unpaired) electrons. The lowest BCUT2D eigenvalue weighted by Crippen LogP contribution is -2.34. The van der Waals surface area contributed by atoms with Crippen molar-refractivity contribution in [2.24, 2.45) is 0 Å². The number of amides is 1. The number of nitrogens with zero attached hydrogens (tertiary/aromatic N) is 2. The normalized spacial score (nSPS) is 17.1. The van der Waals surface area contributed by atoms with Crippen molar-refractivity contribution >= 4 is 17.4 Å². The Morgan fingerprint density at radius 2 is 1.59 bits per heavy atom. The van der Waals surface area contributed by atoms with E-state index in [9.17, 15) is 19.8 Å². The molecule has 200 valence electrons. The number of ether oxygens (including phenoxy) is 1. The molecule has 0 saturated carbocycles. The summed E-state index contributed by atoms with van der Waals surface area (Å²) in [4.78, 5) is 30.5. The average molecular weight is 509 g/mol. The third-order valence-corrected chi connectivity index (χ3v) is 6.91. The Morgan fingerprint density at radius 3 is 2.19 bits per heavy atom. The number of unbranched alkanes of at least 4 members (excludes halogenated alkanes) is 2. The second-order valence-corrected chi connectivity index (χ2v) is 9.69. The van der Waals surface area contributed by atoms with Crippen LogP contribution in [0.25, 0.3) is 5.76 Å². The predicted octanol–water partition coefficient (Wildman–Crippen LogP) is 5.42. The van der Waals surface area contributed by atoms with Gasteiger partial charge >= 0.3 is 0 Å². The van der Waals surface area contributed by atoms with Gasteiger partial charge in [0, 0.05) is 12.1 Å². The number of benzene rings is 2. The number of aliphatic hydroxyl groups is 1. The van der Waals surface area contributed by atoms with Gasteiger partial charge in [0.1, 0.15) is 5.76 Å². The highest BCUT2D eigenvalue weighted by atomic mass is 16.5. The molecule has 1 amide bonds. The summed E-state index contributed by atoms with van der Waals surface area (Å²) in [5.41, 5.74) is 2.14. The van der Waals surface area contributed by atoms with Crippen LogP contribution in [0.5, 0.6) is 11.5 Å². The van der Waals surface area contributed by atoms with Crippen molar-refractivity contribution in [2.75, 3.05) is 33.3 Å². The minimum absolute atomic E-state index is 0.0378. The largest absolute Gasteiger partial charge is 0.507 e.